The number of halogens is 1. The number of nitrogen functional groups attached to an aromatic ring is 1. The molecule has 1 aliphatic rings. The van der Waals surface area contributed by atoms with E-state index in [0.29, 0.717) is 5.92 Å². The van der Waals surface area contributed by atoms with Crippen molar-refractivity contribution in [3.05, 3.63) is 29.6 Å². The number of hydrogen-bond acceptors (Lipinski definition) is 2. The number of nitrogens with one attached hydrogen (secondary N) is 1. The van der Waals surface area contributed by atoms with Gasteiger partial charge in [0.15, 0.2) is 0 Å². The van der Waals surface area contributed by atoms with E-state index in [9.17, 15) is 4.39 Å². The van der Waals surface area contributed by atoms with Crippen LogP contribution in [0.2, 0.25) is 0 Å². The molecule has 86 valence electrons. The lowest BCUT2D eigenvalue weighted by atomic mass is 10.1. The molecule has 1 saturated heterocycles. The van der Waals surface area contributed by atoms with Gasteiger partial charge >= 0.3 is 0 Å². The van der Waals surface area contributed by atoms with Crippen molar-refractivity contribution in [2.45, 2.75) is 13.3 Å². The minimum absolute atomic E-state index is 0.201. The van der Waals surface area contributed by atoms with Gasteiger partial charge in [-0.25, -0.2) is 4.39 Å². The van der Waals surface area contributed by atoms with Crippen LogP contribution < -0.4 is 10.6 Å². The van der Waals surface area contributed by atoms with E-state index in [2.05, 4.69) is 11.8 Å². The Labute approximate surface area is 94.6 Å². The van der Waals surface area contributed by atoms with Crippen LogP contribution in [0.1, 0.15) is 18.9 Å². The van der Waals surface area contributed by atoms with E-state index in [1.54, 1.807) is 6.07 Å². The fourth-order valence-corrected chi connectivity index (χ4v) is 2.20. The molecule has 16 heavy (non-hydrogen) atoms. The highest BCUT2D eigenvalue weighted by atomic mass is 19.1. The molecular formula is C12H16FN3. The summed E-state index contributed by atoms with van der Waals surface area (Å²) in [7, 11) is 0. The smallest absolute Gasteiger partial charge is 0.136 e. The van der Waals surface area contributed by atoms with E-state index in [0.717, 1.165) is 25.2 Å². The quantitative estimate of drug-likeness (QED) is 0.592. The van der Waals surface area contributed by atoms with Crippen LogP contribution in [0, 0.1) is 17.1 Å². The van der Waals surface area contributed by atoms with Crippen molar-refractivity contribution in [1.29, 1.82) is 5.41 Å². The van der Waals surface area contributed by atoms with Gasteiger partial charge in [-0.15, -0.1) is 0 Å². The molecule has 1 fully saturated rings. The molecule has 1 heterocycles. The van der Waals surface area contributed by atoms with Gasteiger partial charge in [-0.3, -0.25) is 5.41 Å². The zero-order chi connectivity index (χ0) is 11.7. The summed E-state index contributed by atoms with van der Waals surface area (Å²) in [5, 5.41) is 7.44. The minimum Gasteiger partial charge on any atom is -0.384 e. The van der Waals surface area contributed by atoms with Gasteiger partial charge in [0, 0.05) is 13.1 Å². The van der Waals surface area contributed by atoms with Crippen LogP contribution in [-0.4, -0.2) is 18.9 Å². The molecule has 0 amide bonds. The standard InChI is InChI=1S/C12H16FN3/c1-8-5-6-16(7-8)10-4-2-3-9(13)11(10)12(14)15/h2-4,8H,5-7H2,1H3,(H3,14,15). The van der Waals surface area contributed by atoms with E-state index in [-0.39, 0.29) is 11.4 Å². The Morgan fingerprint density at radius 2 is 2.31 bits per heavy atom. The third-order valence-corrected chi connectivity index (χ3v) is 3.03. The third-order valence-electron chi connectivity index (χ3n) is 3.03. The normalized spacial score (nSPS) is 20.1. The van der Waals surface area contributed by atoms with E-state index in [1.165, 1.54) is 6.07 Å². The lowest BCUT2D eigenvalue weighted by Gasteiger charge is -2.21. The van der Waals surface area contributed by atoms with Gasteiger partial charge in [-0.05, 0) is 24.5 Å². The third kappa shape index (κ3) is 1.87. The molecule has 1 unspecified atom stereocenters. The zero-order valence-electron chi connectivity index (χ0n) is 9.33. The average Bonchev–Trinajstić information content (AvgIpc) is 2.63. The van der Waals surface area contributed by atoms with Crippen molar-refractivity contribution in [2.75, 3.05) is 18.0 Å². The Bertz CT molecular complexity index is 417. The lowest BCUT2D eigenvalue weighted by molar-refractivity contribution is 0.623. The maximum Gasteiger partial charge on any atom is 0.136 e. The Morgan fingerprint density at radius 1 is 1.56 bits per heavy atom. The first kappa shape index (κ1) is 10.9. The van der Waals surface area contributed by atoms with E-state index >= 15 is 0 Å². The summed E-state index contributed by atoms with van der Waals surface area (Å²) in [4.78, 5) is 2.10. The van der Waals surface area contributed by atoms with Crippen LogP contribution in [-0.2, 0) is 0 Å². The molecule has 0 bridgehead atoms. The Balaban J connectivity index is 2.40. The first-order chi connectivity index (χ1) is 7.59. The Kier molecular flexibility index (Phi) is 2.81. The summed E-state index contributed by atoms with van der Waals surface area (Å²) < 4.78 is 13.6. The van der Waals surface area contributed by atoms with Gasteiger partial charge in [0.05, 0.1) is 11.3 Å². The summed E-state index contributed by atoms with van der Waals surface area (Å²) in [6.07, 6.45) is 1.11. The molecule has 1 aliphatic heterocycles. The maximum absolute atomic E-state index is 13.6. The monoisotopic (exact) mass is 221 g/mol. The Hall–Kier alpha value is -1.58. The van der Waals surface area contributed by atoms with Crippen LogP contribution >= 0.6 is 0 Å². The van der Waals surface area contributed by atoms with Crippen molar-refractivity contribution in [3.63, 3.8) is 0 Å². The highest BCUT2D eigenvalue weighted by Gasteiger charge is 2.23. The predicted molar refractivity (Wildman–Crippen MR) is 63.4 cm³/mol. The Morgan fingerprint density at radius 3 is 2.88 bits per heavy atom. The summed E-state index contributed by atoms with van der Waals surface area (Å²) in [6, 6.07) is 4.84. The molecule has 1 aromatic carbocycles. The molecule has 1 atom stereocenters. The highest BCUT2D eigenvalue weighted by Crippen LogP contribution is 2.28. The SMILES string of the molecule is CC1CCN(c2cccc(F)c2C(=N)N)C1. The summed E-state index contributed by atoms with van der Waals surface area (Å²) in [5.74, 6) is 0.000261. The summed E-state index contributed by atoms with van der Waals surface area (Å²) >= 11 is 0. The van der Waals surface area contributed by atoms with Gasteiger partial charge in [0.2, 0.25) is 0 Å². The van der Waals surface area contributed by atoms with Crippen LogP contribution in [0.15, 0.2) is 18.2 Å². The fourth-order valence-electron chi connectivity index (χ4n) is 2.20. The summed E-state index contributed by atoms with van der Waals surface area (Å²) in [6.45, 7) is 3.99. The molecule has 3 N–H and O–H groups in total. The van der Waals surface area contributed by atoms with Crippen LogP contribution in [0.5, 0.6) is 0 Å². The number of nitrogens with two attached hydrogens (primary N) is 1. The molecule has 1 aromatic rings. The van der Waals surface area contributed by atoms with Crippen molar-refractivity contribution >= 4 is 11.5 Å². The average molecular weight is 221 g/mol. The van der Waals surface area contributed by atoms with Gasteiger partial charge in [-0.1, -0.05) is 13.0 Å². The second-order valence-corrected chi connectivity index (χ2v) is 4.39. The fraction of sp³-hybridized carbons (Fsp3) is 0.417. The second kappa shape index (κ2) is 4.12. The van der Waals surface area contributed by atoms with Crippen molar-refractivity contribution in [1.82, 2.24) is 0 Å². The largest absolute Gasteiger partial charge is 0.384 e. The number of rotatable bonds is 2. The van der Waals surface area contributed by atoms with Gasteiger partial charge < -0.3 is 10.6 Å². The van der Waals surface area contributed by atoms with Crippen molar-refractivity contribution in [2.24, 2.45) is 11.7 Å². The van der Waals surface area contributed by atoms with Crippen molar-refractivity contribution in [3.8, 4) is 0 Å². The molecule has 0 aliphatic carbocycles. The molecule has 0 aromatic heterocycles. The predicted octanol–water partition coefficient (Wildman–Crippen LogP) is 1.96. The molecule has 0 spiro atoms. The topological polar surface area (TPSA) is 53.1 Å². The molecule has 0 radical (unpaired) electrons. The number of amidine groups is 1. The van der Waals surface area contributed by atoms with Crippen molar-refractivity contribution < 1.29 is 4.39 Å². The molecule has 0 saturated carbocycles. The first-order valence-electron chi connectivity index (χ1n) is 5.47. The molecule has 3 nitrogen and oxygen atoms in total. The van der Waals surface area contributed by atoms with E-state index in [4.69, 9.17) is 11.1 Å². The number of benzene rings is 1. The molecule has 4 heteroatoms. The first-order valence-corrected chi connectivity index (χ1v) is 5.47. The molecule has 2 rings (SSSR count). The maximum atomic E-state index is 13.6. The van der Waals surface area contributed by atoms with Crippen LogP contribution in [0.4, 0.5) is 10.1 Å². The van der Waals surface area contributed by atoms with Crippen LogP contribution in [0.25, 0.3) is 0 Å². The van der Waals surface area contributed by atoms with Crippen LogP contribution in [0.3, 0.4) is 0 Å². The second-order valence-electron chi connectivity index (χ2n) is 4.39. The van der Waals surface area contributed by atoms with Gasteiger partial charge in [-0.2, -0.15) is 0 Å². The zero-order valence-corrected chi connectivity index (χ0v) is 9.33. The molecular weight excluding hydrogens is 205 g/mol. The lowest BCUT2D eigenvalue weighted by Crippen LogP contribution is -2.24. The summed E-state index contributed by atoms with van der Waals surface area (Å²) in [5.41, 5.74) is 6.41. The highest BCUT2D eigenvalue weighted by molar-refractivity contribution is 6.00. The van der Waals surface area contributed by atoms with E-state index in [1.807, 2.05) is 6.07 Å². The van der Waals surface area contributed by atoms with Gasteiger partial charge in [0.1, 0.15) is 11.7 Å². The minimum atomic E-state index is -0.412. The van der Waals surface area contributed by atoms with E-state index < -0.39 is 5.82 Å². The number of hydrogen-bond donors (Lipinski definition) is 2. The number of anilines is 1. The van der Waals surface area contributed by atoms with Gasteiger partial charge in [0.25, 0.3) is 0 Å². The number of nitrogens with zero attached hydrogens (tertiary/aromatic N) is 1.